The average Bonchev–Trinajstić information content (AvgIpc) is 2.91. The number of methoxy groups -OCH3 is 1. The Morgan fingerprint density at radius 1 is 0.974 bits per heavy atom. The number of para-hydroxylation sites is 2. The average molecular weight is 553 g/mol. The lowest BCUT2D eigenvalue weighted by Crippen LogP contribution is -2.39. The van der Waals surface area contributed by atoms with Crippen LogP contribution in [0, 0.1) is 6.92 Å². The van der Waals surface area contributed by atoms with Crippen molar-refractivity contribution in [2.24, 2.45) is 5.10 Å². The van der Waals surface area contributed by atoms with Gasteiger partial charge in [-0.3, -0.25) is 13.9 Å². The maximum Gasteiger partial charge on any atom is 0.264 e. The van der Waals surface area contributed by atoms with Gasteiger partial charge in [-0.25, -0.2) is 13.8 Å². The third kappa shape index (κ3) is 8.30. The number of anilines is 1. The van der Waals surface area contributed by atoms with Gasteiger partial charge in [-0.05, 0) is 74.9 Å². The molecule has 0 aliphatic rings. The van der Waals surface area contributed by atoms with Gasteiger partial charge < -0.3 is 14.8 Å². The molecule has 0 aliphatic heterocycles. The molecule has 39 heavy (non-hydrogen) atoms. The van der Waals surface area contributed by atoms with Crippen molar-refractivity contribution in [3.8, 4) is 11.5 Å². The molecule has 0 spiro atoms. The standard InChI is InChI=1S/C28H32N4O6S/c1-20(2)30-28(34)19-38-23-13-11-22(12-14-23)17-29-31-27(33)18-32(25-7-5-6-8-26(25)37-4)39(35,36)24-15-9-21(3)10-16-24/h5-17,20H,18-19H2,1-4H3,(H,30,34)(H,31,33)/b29-17-. The van der Waals surface area contributed by atoms with Crippen LogP contribution in [0.3, 0.4) is 0 Å². The molecule has 0 aromatic heterocycles. The lowest BCUT2D eigenvalue weighted by atomic mass is 10.2. The van der Waals surface area contributed by atoms with Crippen LogP contribution in [0.1, 0.15) is 25.0 Å². The fraction of sp³-hybridized carbons (Fsp3) is 0.250. The first kappa shape index (κ1) is 29.2. The van der Waals surface area contributed by atoms with Crippen LogP contribution in [0.5, 0.6) is 11.5 Å². The van der Waals surface area contributed by atoms with Crippen LogP contribution >= 0.6 is 0 Å². The minimum Gasteiger partial charge on any atom is -0.495 e. The first-order valence-corrected chi connectivity index (χ1v) is 13.6. The number of carbonyl (C=O) groups is 2. The normalized spacial score (nSPS) is 11.3. The van der Waals surface area contributed by atoms with Crippen LogP contribution in [0.2, 0.25) is 0 Å². The number of aryl methyl sites for hydroxylation is 1. The Bertz CT molecular complexity index is 1400. The van der Waals surface area contributed by atoms with Gasteiger partial charge in [0, 0.05) is 6.04 Å². The predicted octanol–water partition coefficient (Wildman–Crippen LogP) is 3.25. The maximum atomic E-state index is 13.5. The van der Waals surface area contributed by atoms with E-state index < -0.39 is 22.5 Å². The number of amides is 2. The van der Waals surface area contributed by atoms with E-state index in [0.29, 0.717) is 17.1 Å². The molecule has 0 aliphatic carbocycles. The van der Waals surface area contributed by atoms with E-state index in [2.05, 4.69) is 15.8 Å². The molecule has 11 heteroatoms. The second kappa shape index (κ2) is 13.4. The molecule has 0 atom stereocenters. The van der Waals surface area contributed by atoms with E-state index in [0.717, 1.165) is 9.87 Å². The number of nitrogens with one attached hydrogen (secondary N) is 2. The van der Waals surface area contributed by atoms with Gasteiger partial charge in [0.15, 0.2) is 6.61 Å². The van der Waals surface area contributed by atoms with Crippen molar-refractivity contribution in [3.63, 3.8) is 0 Å². The minimum atomic E-state index is -4.10. The maximum absolute atomic E-state index is 13.5. The van der Waals surface area contributed by atoms with Gasteiger partial charge in [-0.2, -0.15) is 5.10 Å². The van der Waals surface area contributed by atoms with Crippen molar-refractivity contribution in [1.29, 1.82) is 0 Å². The Labute approximate surface area is 228 Å². The van der Waals surface area contributed by atoms with Crippen LogP contribution in [0.25, 0.3) is 0 Å². The first-order valence-electron chi connectivity index (χ1n) is 12.2. The number of rotatable bonds is 12. The van der Waals surface area contributed by atoms with Crippen molar-refractivity contribution in [2.45, 2.75) is 31.7 Å². The topological polar surface area (TPSA) is 126 Å². The molecule has 0 bridgehead atoms. The number of benzene rings is 3. The van der Waals surface area contributed by atoms with Crippen LogP contribution in [-0.2, 0) is 19.6 Å². The fourth-order valence-corrected chi connectivity index (χ4v) is 4.91. The number of carbonyl (C=O) groups excluding carboxylic acids is 2. The van der Waals surface area contributed by atoms with E-state index in [-0.39, 0.29) is 29.1 Å². The molecule has 3 aromatic rings. The van der Waals surface area contributed by atoms with Gasteiger partial charge in [0.25, 0.3) is 21.8 Å². The number of ether oxygens (including phenoxy) is 2. The largest absolute Gasteiger partial charge is 0.495 e. The summed E-state index contributed by atoms with van der Waals surface area (Å²) in [5, 5.41) is 6.69. The Balaban J connectivity index is 1.70. The number of hydrogen-bond acceptors (Lipinski definition) is 7. The number of sulfonamides is 1. The van der Waals surface area contributed by atoms with E-state index >= 15 is 0 Å². The van der Waals surface area contributed by atoms with Crippen molar-refractivity contribution in [3.05, 3.63) is 83.9 Å². The molecule has 2 amide bonds. The Hall–Kier alpha value is -4.38. The van der Waals surface area contributed by atoms with Gasteiger partial charge in [0.05, 0.1) is 23.9 Å². The minimum absolute atomic E-state index is 0.0272. The highest BCUT2D eigenvalue weighted by atomic mass is 32.2. The molecule has 0 unspecified atom stereocenters. The molecule has 0 radical (unpaired) electrons. The molecule has 3 rings (SSSR count). The number of hydrazone groups is 1. The van der Waals surface area contributed by atoms with Gasteiger partial charge in [-0.15, -0.1) is 0 Å². The quantitative estimate of drug-likeness (QED) is 0.262. The summed E-state index contributed by atoms with van der Waals surface area (Å²) < 4.78 is 38.9. The van der Waals surface area contributed by atoms with Gasteiger partial charge in [0.2, 0.25) is 0 Å². The summed E-state index contributed by atoms with van der Waals surface area (Å²) in [6.07, 6.45) is 1.41. The molecule has 206 valence electrons. The van der Waals surface area contributed by atoms with E-state index in [9.17, 15) is 18.0 Å². The summed E-state index contributed by atoms with van der Waals surface area (Å²) in [5.74, 6) is -0.0637. The summed E-state index contributed by atoms with van der Waals surface area (Å²) in [6, 6.07) is 19.7. The van der Waals surface area contributed by atoms with Crippen molar-refractivity contribution in [1.82, 2.24) is 10.7 Å². The molecule has 0 heterocycles. The molecular formula is C28H32N4O6S. The number of nitrogens with zero attached hydrogens (tertiary/aromatic N) is 2. The van der Waals surface area contributed by atoms with Gasteiger partial charge in [-0.1, -0.05) is 29.8 Å². The molecule has 10 nitrogen and oxygen atoms in total. The summed E-state index contributed by atoms with van der Waals surface area (Å²) >= 11 is 0. The van der Waals surface area contributed by atoms with E-state index in [4.69, 9.17) is 9.47 Å². The smallest absolute Gasteiger partial charge is 0.264 e. The fourth-order valence-electron chi connectivity index (χ4n) is 3.48. The lowest BCUT2D eigenvalue weighted by molar-refractivity contribution is -0.123. The number of hydrogen-bond donors (Lipinski definition) is 2. The molecule has 0 saturated carbocycles. The SMILES string of the molecule is COc1ccccc1N(CC(=O)N/N=C\c1ccc(OCC(=O)NC(C)C)cc1)S(=O)(=O)c1ccc(C)cc1. The molecular weight excluding hydrogens is 520 g/mol. The second-order valence-corrected chi connectivity index (χ2v) is 10.7. The highest BCUT2D eigenvalue weighted by Gasteiger charge is 2.29. The third-order valence-electron chi connectivity index (χ3n) is 5.35. The molecule has 3 aromatic carbocycles. The zero-order valence-electron chi connectivity index (χ0n) is 22.2. The second-order valence-electron chi connectivity index (χ2n) is 8.87. The van der Waals surface area contributed by atoms with Crippen molar-refractivity contribution < 1.29 is 27.5 Å². The van der Waals surface area contributed by atoms with E-state index in [1.54, 1.807) is 60.7 Å². The van der Waals surface area contributed by atoms with Crippen LogP contribution in [0.4, 0.5) is 5.69 Å². The predicted molar refractivity (Wildman–Crippen MR) is 150 cm³/mol. The van der Waals surface area contributed by atoms with Crippen LogP contribution in [0.15, 0.2) is 82.8 Å². The van der Waals surface area contributed by atoms with Gasteiger partial charge >= 0.3 is 0 Å². The lowest BCUT2D eigenvalue weighted by Gasteiger charge is -2.25. The Kier molecular flexibility index (Phi) is 10.0. The van der Waals surface area contributed by atoms with Crippen molar-refractivity contribution in [2.75, 3.05) is 24.6 Å². The Morgan fingerprint density at radius 3 is 2.28 bits per heavy atom. The summed E-state index contributed by atoms with van der Waals surface area (Å²) in [7, 11) is -2.67. The molecule has 2 N–H and O–H groups in total. The molecule has 0 fully saturated rings. The summed E-state index contributed by atoms with van der Waals surface area (Å²) in [4.78, 5) is 24.6. The van der Waals surface area contributed by atoms with Crippen LogP contribution < -0.4 is 24.5 Å². The van der Waals surface area contributed by atoms with E-state index in [1.165, 1.54) is 25.5 Å². The summed E-state index contributed by atoms with van der Waals surface area (Å²) in [6.45, 7) is 4.95. The van der Waals surface area contributed by atoms with Crippen molar-refractivity contribution >= 4 is 33.7 Å². The zero-order chi connectivity index (χ0) is 28.4. The zero-order valence-corrected chi connectivity index (χ0v) is 23.1. The summed E-state index contributed by atoms with van der Waals surface area (Å²) in [5.41, 5.74) is 4.15. The molecule has 0 saturated heterocycles. The van der Waals surface area contributed by atoms with E-state index in [1.807, 2.05) is 20.8 Å². The van der Waals surface area contributed by atoms with Crippen LogP contribution in [-0.4, -0.2) is 52.8 Å². The third-order valence-corrected chi connectivity index (χ3v) is 7.13. The highest BCUT2D eigenvalue weighted by molar-refractivity contribution is 7.92. The Morgan fingerprint density at radius 2 is 1.64 bits per heavy atom. The highest BCUT2D eigenvalue weighted by Crippen LogP contribution is 2.32. The van der Waals surface area contributed by atoms with Gasteiger partial charge in [0.1, 0.15) is 18.0 Å². The monoisotopic (exact) mass is 552 g/mol. The first-order chi connectivity index (χ1) is 18.6.